The number of methoxy groups -OCH3 is 1. The fourth-order valence-electron chi connectivity index (χ4n) is 2.10. The number of rotatable bonds is 7. The Morgan fingerprint density at radius 3 is 2.58 bits per heavy atom. The van der Waals surface area contributed by atoms with Gasteiger partial charge in [0.2, 0.25) is 5.91 Å². The summed E-state index contributed by atoms with van der Waals surface area (Å²) in [5.41, 5.74) is 1.82. The molecule has 128 valence electrons. The van der Waals surface area contributed by atoms with Crippen LogP contribution in [0.1, 0.15) is 5.56 Å². The monoisotopic (exact) mass is 336 g/mol. The summed E-state index contributed by atoms with van der Waals surface area (Å²) in [6.07, 6.45) is 0. The summed E-state index contributed by atoms with van der Waals surface area (Å²) in [7, 11) is 1.51. The maximum absolute atomic E-state index is 12.4. The zero-order valence-electron chi connectivity index (χ0n) is 13.3. The van der Waals surface area contributed by atoms with Crippen molar-refractivity contribution in [3.05, 3.63) is 48.0 Å². The van der Waals surface area contributed by atoms with Crippen LogP contribution in [0, 0.1) is 6.92 Å². The van der Waals surface area contributed by atoms with Crippen molar-refractivity contribution in [2.24, 2.45) is 0 Å². The number of aryl methyl sites for hydroxylation is 1. The number of para-hydroxylation sites is 2. The summed E-state index contributed by atoms with van der Waals surface area (Å²) >= 11 is 0. The molecule has 24 heavy (non-hydrogen) atoms. The molecule has 2 N–H and O–H groups in total. The molecule has 2 aromatic rings. The Hall–Kier alpha value is -2.83. The quantitative estimate of drug-likeness (QED) is 0.810. The van der Waals surface area contributed by atoms with E-state index in [1.165, 1.54) is 13.2 Å². The number of hydrogen-bond acceptors (Lipinski definition) is 4. The molecule has 0 aromatic heterocycles. The average molecular weight is 336 g/mol. The topological polar surface area (TPSA) is 59.6 Å². The van der Waals surface area contributed by atoms with Gasteiger partial charge in [-0.1, -0.05) is 18.2 Å². The third-order valence-corrected chi connectivity index (χ3v) is 3.17. The Labute approximate surface area is 138 Å². The first kappa shape index (κ1) is 17.5. The van der Waals surface area contributed by atoms with E-state index in [4.69, 9.17) is 4.74 Å². The maximum atomic E-state index is 12.4. The molecule has 5 nitrogen and oxygen atoms in total. The van der Waals surface area contributed by atoms with Crippen molar-refractivity contribution < 1.29 is 23.0 Å². The van der Waals surface area contributed by atoms with Crippen LogP contribution in [-0.2, 0) is 4.79 Å². The molecule has 1 amide bonds. The molecule has 2 rings (SSSR count). The Morgan fingerprint density at radius 2 is 1.88 bits per heavy atom. The van der Waals surface area contributed by atoms with Crippen molar-refractivity contribution in [1.29, 1.82) is 0 Å². The average Bonchev–Trinajstić information content (AvgIpc) is 2.54. The van der Waals surface area contributed by atoms with Gasteiger partial charge in [-0.15, -0.1) is 0 Å². The molecule has 7 heteroatoms. The highest BCUT2D eigenvalue weighted by molar-refractivity contribution is 5.95. The third-order valence-electron chi connectivity index (χ3n) is 3.17. The van der Waals surface area contributed by atoms with Gasteiger partial charge < -0.3 is 20.1 Å². The SMILES string of the molecule is COc1ccc(C)cc1NC(=O)CNc1ccccc1OC(F)F. The molecule has 0 radical (unpaired) electrons. The van der Waals surface area contributed by atoms with E-state index in [1.807, 2.05) is 13.0 Å². The predicted octanol–water partition coefficient (Wildman–Crippen LogP) is 3.66. The second kappa shape index (κ2) is 8.14. The summed E-state index contributed by atoms with van der Waals surface area (Å²) in [6, 6.07) is 11.6. The van der Waals surface area contributed by atoms with Gasteiger partial charge in [-0.2, -0.15) is 8.78 Å². The Morgan fingerprint density at radius 1 is 1.12 bits per heavy atom. The summed E-state index contributed by atoms with van der Waals surface area (Å²) in [6.45, 7) is -1.15. The Kier molecular flexibility index (Phi) is 5.95. The number of benzene rings is 2. The second-order valence-electron chi connectivity index (χ2n) is 4.98. The zero-order chi connectivity index (χ0) is 17.5. The van der Waals surface area contributed by atoms with Crippen LogP contribution in [0.3, 0.4) is 0 Å². The van der Waals surface area contributed by atoms with Crippen molar-refractivity contribution in [1.82, 2.24) is 0 Å². The molecule has 0 heterocycles. The highest BCUT2D eigenvalue weighted by Gasteiger charge is 2.11. The van der Waals surface area contributed by atoms with Crippen molar-refractivity contribution >= 4 is 17.3 Å². The van der Waals surface area contributed by atoms with Crippen molar-refractivity contribution in [3.8, 4) is 11.5 Å². The molecular formula is C17H18F2N2O3. The molecule has 0 saturated carbocycles. The van der Waals surface area contributed by atoms with Crippen LogP contribution in [0.25, 0.3) is 0 Å². The zero-order valence-corrected chi connectivity index (χ0v) is 13.3. The lowest BCUT2D eigenvalue weighted by atomic mass is 10.2. The molecule has 0 atom stereocenters. The molecule has 0 spiro atoms. The number of hydrogen-bond donors (Lipinski definition) is 2. The van der Waals surface area contributed by atoms with E-state index in [-0.39, 0.29) is 18.2 Å². The minimum Gasteiger partial charge on any atom is -0.495 e. The predicted molar refractivity (Wildman–Crippen MR) is 87.9 cm³/mol. The van der Waals surface area contributed by atoms with E-state index in [0.717, 1.165) is 5.56 Å². The van der Waals surface area contributed by atoms with Gasteiger partial charge in [0.1, 0.15) is 11.5 Å². The number of halogens is 2. The van der Waals surface area contributed by atoms with E-state index >= 15 is 0 Å². The lowest BCUT2D eigenvalue weighted by Gasteiger charge is -2.14. The van der Waals surface area contributed by atoms with E-state index < -0.39 is 6.61 Å². The van der Waals surface area contributed by atoms with Gasteiger partial charge in [0.25, 0.3) is 0 Å². The highest BCUT2D eigenvalue weighted by Crippen LogP contribution is 2.26. The molecule has 0 bridgehead atoms. The lowest BCUT2D eigenvalue weighted by molar-refractivity contribution is -0.114. The summed E-state index contributed by atoms with van der Waals surface area (Å²) < 4.78 is 34.3. The fraction of sp³-hybridized carbons (Fsp3) is 0.235. The number of amides is 1. The van der Waals surface area contributed by atoms with Crippen LogP contribution in [-0.4, -0.2) is 26.2 Å². The summed E-state index contributed by atoms with van der Waals surface area (Å²) in [5, 5.41) is 5.50. The molecule has 0 aliphatic heterocycles. The molecule has 0 aliphatic carbocycles. The number of nitrogens with one attached hydrogen (secondary N) is 2. The van der Waals surface area contributed by atoms with Crippen LogP contribution < -0.4 is 20.1 Å². The normalized spacial score (nSPS) is 10.4. The first-order chi connectivity index (χ1) is 11.5. The molecule has 0 saturated heterocycles. The molecule has 0 unspecified atom stereocenters. The smallest absolute Gasteiger partial charge is 0.387 e. The fourth-order valence-corrected chi connectivity index (χ4v) is 2.10. The van der Waals surface area contributed by atoms with E-state index in [0.29, 0.717) is 17.1 Å². The van der Waals surface area contributed by atoms with Gasteiger partial charge in [0.15, 0.2) is 0 Å². The highest BCUT2D eigenvalue weighted by atomic mass is 19.3. The van der Waals surface area contributed by atoms with Crippen molar-refractivity contribution in [2.75, 3.05) is 24.3 Å². The van der Waals surface area contributed by atoms with Crippen LogP contribution in [0.15, 0.2) is 42.5 Å². The van der Waals surface area contributed by atoms with E-state index in [1.54, 1.807) is 30.3 Å². The van der Waals surface area contributed by atoms with Crippen molar-refractivity contribution in [2.45, 2.75) is 13.5 Å². The van der Waals surface area contributed by atoms with Crippen LogP contribution in [0.2, 0.25) is 0 Å². The second-order valence-corrected chi connectivity index (χ2v) is 4.98. The third kappa shape index (κ3) is 4.84. The van der Waals surface area contributed by atoms with E-state index in [2.05, 4.69) is 15.4 Å². The minimum absolute atomic E-state index is 0.0200. The Bertz CT molecular complexity index is 708. The summed E-state index contributed by atoms with van der Waals surface area (Å²) in [5.74, 6) is 0.176. The minimum atomic E-state index is -2.93. The van der Waals surface area contributed by atoms with E-state index in [9.17, 15) is 13.6 Å². The number of anilines is 2. The van der Waals surface area contributed by atoms with Gasteiger partial charge in [-0.05, 0) is 36.8 Å². The van der Waals surface area contributed by atoms with Gasteiger partial charge in [0, 0.05) is 0 Å². The molecule has 2 aromatic carbocycles. The summed E-state index contributed by atoms with van der Waals surface area (Å²) in [4.78, 5) is 12.1. The van der Waals surface area contributed by atoms with Gasteiger partial charge in [0.05, 0.1) is 25.0 Å². The molecule has 0 aliphatic rings. The van der Waals surface area contributed by atoms with Crippen molar-refractivity contribution in [3.63, 3.8) is 0 Å². The van der Waals surface area contributed by atoms with Gasteiger partial charge >= 0.3 is 6.61 Å². The first-order valence-electron chi connectivity index (χ1n) is 7.22. The van der Waals surface area contributed by atoms with Crippen LogP contribution in [0.5, 0.6) is 11.5 Å². The standard InChI is InChI=1S/C17H18F2N2O3/c1-11-7-8-14(23-2)13(9-11)21-16(22)10-20-12-5-3-4-6-15(12)24-17(18)19/h3-9,17,20H,10H2,1-2H3,(H,21,22). The lowest BCUT2D eigenvalue weighted by Crippen LogP contribution is -2.22. The van der Waals surface area contributed by atoms with Crippen LogP contribution >= 0.6 is 0 Å². The number of alkyl halides is 2. The van der Waals surface area contributed by atoms with Crippen LogP contribution in [0.4, 0.5) is 20.2 Å². The number of ether oxygens (including phenoxy) is 2. The molecular weight excluding hydrogens is 318 g/mol. The number of carbonyl (C=O) groups excluding carboxylic acids is 1. The van der Waals surface area contributed by atoms with Gasteiger partial charge in [-0.3, -0.25) is 4.79 Å². The number of carbonyl (C=O) groups is 1. The largest absolute Gasteiger partial charge is 0.495 e. The van der Waals surface area contributed by atoms with Gasteiger partial charge in [-0.25, -0.2) is 0 Å². The maximum Gasteiger partial charge on any atom is 0.387 e. The molecule has 0 fully saturated rings. The first-order valence-corrected chi connectivity index (χ1v) is 7.22. The Balaban J connectivity index is 2.00.